The van der Waals surface area contributed by atoms with E-state index in [1.54, 1.807) is 21.9 Å². The zero-order valence-electron chi connectivity index (χ0n) is 19.3. The first-order valence-electron chi connectivity index (χ1n) is 11.5. The SMILES string of the molecule is CC(C)Cc1nnc(C2CC(c3ccc(OC(F)(F)F)cc3)CN(C(=O)N3CCOCC3)C2)o1. The van der Waals surface area contributed by atoms with Gasteiger partial charge in [0.25, 0.3) is 0 Å². The quantitative estimate of drug-likeness (QED) is 0.636. The highest BCUT2D eigenvalue weighted by atomic mass is 19.4. The second kappa shape index (κ2) is 10.2. The molecule has 0 N–H and O–H groups in total. The van der Waals surface area contributed by atoms with Gasteiger partial charge in [0.1, 0.15) is 5.75 Å². The number of carbonyl (C=O) groups is 1. The van der Waals surface area contributed by atoms with Gasteiger partial charge in [-0.25, -0.2) is 4.79 Å². The second-order valence-electron chi connectivity index (χ2n) is 9.17. The van der Waals surface area contributed by atoms with Gasteiger partial charge in [-0.1, -0.05) is 26.0 Å². The van der Waals surface area contributed by atoms with Crippen LogP contribution in [-0.4, -0.2) is 71.8 Å². The fraction of sp³-hybridized carbons (Fsp3) is 0.609. The minimum absolute atomic E-state index is 0.0862. The third kappa shape index (κ3) is 6.19. The molecule has 2 aromatic rings. The van der Waals surface area contributed by atoms with Crippen LogP contribution in [0.5, 0.6) is 5.75 Å². The van der Waals surface area contributed by atoms with Crippen molar-refractivity contribution in [1.82, 2.24) is 20.0 Å². The summed E-state index contributed by atoms with van der Waals surface area (Å²) in [5, 5.41) is 8.41. The zero-order valence-corrected chi connectivity index (χ0v) is 19.3. The van der Waals surface area contributed by atoms with Crippen LogP contribution in [0.4, 0.5) is 18.0 Å². The normalized spacial score (nSPS) is 21.7. The van der Waals surface area contributed by atoms with E-state index in [0.717, 1.165) is 5.56 Å². The topological polar surface area (TPSA) is 80.9 Å². The number of carbonyl (C=O) groups excluding carboxylic acids is 1. The van der Waals surface area contributed by atoms with Crippen LogP contribution in [0.25, 0.3) is 0 Å². The van der Waals surface area contributed by atoms with Crippen LogP contribution in [0.15, 0.2) is 28.7 Å². The van der Waals surface area contributed by atoms with E-state index in [1.807, 2.05) is 0 Å². The average Bonchev–Trinajstić information content (AvgIpc) is 3.26. The predicted molar refractivity (Wildman–Crippen MR) is 115 cm³/mol. The van der Waals surface area contributed by atoms with Crippen molar-refractivity contribution >= 4 is 6.03 Å². The first-order valence-corrected chi connectivity index (χ1v) is 11.5. The summed E-state index contributed by atoms with van der Waals surface area (Å²) in [5.41, 5.74) is 0.820. The maximum absolute atomic E-state index is 13.3. The van der Waals surface area contributed by atoms with Crippen LogP contribution in [0.2, 0.25) is 0 Å². The largest absolute Gasteiger partial charge is 0.573 e. The molecule has 11 heteroatoms. The van der Waals surface area contributed by atoms with Crippen molar-refractivity contribution in [3.05, 3.63) is 41.6 Å². The van der Waals surface area contributed by atoms with E-state index in [4.69, 9.17) is 9.15 Å². The number of nitrogens with zero attached hydrogens (tertiary/aromatic N) is 4. The Hall–Kier alpha value is -2.82. The van der Waals surface area contributed by atoms with Gasteiger partial charge in [-0.3, -0.25) is 0 Å². The Morgan fingerprint density at radius 2 is 1.76 bits per heavy atom. The Morgan fingerprint density at radius 1 is 1.09 bits per heavy atom. The Labute approximate surface area is 196 Å². The minimum Gasteiger partial charge on any atom is -0.425 e. The van der Waals surface area contributed by atoms with Gasteiger partial charge < -0.3 is 23.7 Å². The molecule has 2 saturated heterocycles. The molecule has 2 aliphatic heterocycles. The van der Waals surface area contributed by atoms with E-state index in [2.05, 4.69) is 28.8 Å². The Morgan fingerprint density at radius 3 is 2.41 bits per heavy atom. The lowest BCUT2D eigenvalue weighted by molar-refractivity contribution is -0.274. The highest BCUT2D eigenvalue weighted by Crippen LogP contribution is 2.37. The number of piperidine rings is 1. The van der Waals surface area contributed by atoms with Crippen LogP contribution in [0, 0.1) is 5.92 Å². The third-order valence-corrected chi connectivity index (χ3v) is 6.00. The molecule has 8 nitrogen and oxygen atoms in total. The fourth-order valence-electron chi connectivity index (χ4n) is 4.44. The zero-order chi connectivity index (χ0) is 24.3. The van der Waals surface area contributed by atoms with Gasteiger partial charge in [0.05, 0.1) is 19.1 Å². The van der Waals surface area contributed by atoms with Crippen molar-refractivity contribution < 1.29 is 31.9 Å². The van der Waals surface area contributed by atoms with Gasteiger partial charge in [-0.2, -0.15) is 0 Å². The molecule has 2 amide bonds. The molecule has 186 valence electrons. The Balaban J connectivity index is 1.55. The highest BCUT2D eigenvalue weighted by Gasteiger charge is 2.37. The summed E-state index contributed by atoms with van der Waals surface area (Å²) in [6.07, 6.45) is -3.44. The first-order chi connectivity index (χ1) is 16.2. The molecule has 1 aromatic carbocycles. The monoisotopic (exact) mass is 482 g/mol. The van der Waals surface area contributed by atoms with Crippen LogP contribution in [0.1, 0.15) is 49.4 Å². The van der Waals surface area contributed by atoms with Gasteiger partial charge >= 0.3 is 12.4 Å². The summed E-state index contributed by atoms with van der Waals surface area (Å²) in [7, 11) is 0. The number of hydrogen-bond acceptors (Lipinski definition) is 6. The van der Waals surface area contributed by atoms with Gasteiger partial charge in [-0.05, 0) is 30.0 Å². The molecule has 0 bridgehead atoms. The lowest BCUT2D eigenvalue weighted by Gasteiger charge is -2.40. The second-order valence-corrected chi connectivity index (χ2v) is 9.17. The van der Waals surface area contributed by atoms with Crippen molar-refractivity contribution in [2.45, 2.75) is 44.9 Å². The molecule has 2 atom stereocenters. The lowest BCUT2D eigenvalue weighted by Crippen LogP contribution is -2.52. The maximum atomic E-state index is 13.3. The Bertz CT molecular complexity index is 958. The van der Waals surface area contributed by atoms with Gasteiger partial charge in [0.15, 0.2) is 0 Å². The number of aromatic nitrogens is 2. The van der Waals surface area contributed by atoms with Crippen molar-refractivity contribution in [3.8, 4) is 5.75 Å². The van der Waals surface area contributed by atoms with Gasteiger partial charge in [0, 0.05) is 38.5 Å². The standard InChI is InChI=1S/C23H29F3N4O4/c1-15(2)11-20-27-28-21(33-20)18-12-17(16-3-5-19(6-4-16)34-23(24,25)26)13-30(14-18)22(31)29-7-9-32-10-8-29/h3-6,15,17-18H,7-14H2,1-2H3. The highest BCUT2D eigenvalue weighted by molar-refractivity contribution is 5.75. The van der Waals surface area contributed by atoms with E-state index in [1.165, 1.54) is 12.1 Å². The number of rotatable bonds is 5. The summed E-state index contributed by atoms with van der Waals surface area (Å²) in [6, 6.07) is 5.74. The Kier molecular flexibility index (Phi) is 7.30. The van der Waals surface area contributed by atoms with Crippen molar-refractivity contribution in [3.63, 3.8) is 0 Å². The van der Waals surface area contributed by atoms with Crippen molar-refractivity contribution in [2.24, 2.45) is 5.92 Å². The number of ether oxygens (including phenoxy) is 2. The molecule has 0 spiro atoms. The van der Waals surface area contributed by atoms with E-state index < -0.39 is 6.36 Å². The number of amides is 2. The molecule has 0 aliphatic carbocycles. The summed E-state index contributed by atoms with van der Waals surface area (Å²) >= 11 is 0. The molecule has 2 aliphatic rings. The maximum Gasteiger partial charge on any atom is 0.573 e. The predicted octanol–water partition coefficient (Wildman–Crippen LogP) is 4.19. The molecular formula is C23H29F3N4O4. The minimum atomic E-state index is -4.75. The summed E-state index contributed by atoms with van der Waals surface area (Å²) < 4.78 is 52.9. The fourth-order valence-corrected chi connectivity index (χ4v) is 4.44. The molecule has 34 heavy (non-hydrogen) atoms. The number of benzene rings is 1. The van der Waals surface area contributed by atoms with Gasteiger partial charge in [-0.15, -0.1) is 23.4 Å². The van der Waals surface area contributed by atoms with E-state index >= 15 is 0 Å². The molecule has 0 saturated carbocycles. The summed E-state index contributed by atoms with van der Waals surface area (Å²) in [6.45, 7) is 7.04. The van der Waals surface area contributed by atoms with Crippen molar-refractivity contribution in [1.29, 1.82) is 0 Å². The summed E-state index contributed by atoms with van der Waals surface area (Å²) in [4.78, 5) is 16.8. The average molecular weight is 483 g/mol. The third-order valence-electron chi connectivity index (χ3n) is 6.00. The van der Waals surface area contributed by atoms with E-state index in [9.17, 15) is 18.0 Å². The van der Waals surface area contributed by atoms with E-state index in [-0.39, 0.29) is 23.6 Å². The number of likely N-dealkylation sites (tertiary alicyclic amines) is 1. The molecule has 0 radical (unpaired) electrons. The van der Waals surface area contributed by atoms with Crippen LogP contribution < -0.4 is 4.74 Å². The molecule has 3 heterocycles. The molecule has 2 unspecified atom stereocenters. The lowest BCUT2D eigenvalue weighted by atomic mass is 9.84. The number of alkyl halides is 3. The molecule has 2 fully saturated rings. The van der Waals surface area contributed by atoms with E-state index in [0.29, 0.717) is 69.9 Å². The van der Waals surface area contributed by atoms with Crippen LogP contribution in [-0.2, 0) is 11.2 Å². The van der Waals surface area contributed by atoms with Crippen LogP contribution in [0.3, 0.4) is 0 Å². The molecule has 1 aromatic heterocycles. The molecular weight excluding hydrogens is 453 g/mol. The molecule has 4 rings (SSSR count). The smallest absolute Gasteiger partial charge is 0.425 e. The van der Waals surface area contributed by atoms with Gasteiger partial charge in [0.2, 0.25) is 11.8 Å². The number of hydrogen-bond donors (Lipinski definition) is 0. The number of halogens is 3. The first kappa shape index (κ1) is 24.3. The number of morpholine rings is 1. The van der Waals surface area contributed by atoms with Crippen LogP contribution >= 0.6 is 0 Å². The number of urea groups is 1. The summed E-state index contributed by atoms with van der Waals surface area (Å²) in [5.74, 6) is 0.848. The van der Waals surface area contributed by atoms with Crippen molar-refractivity contribution in [2.75, 3.05) is 39.4 Å².